The largest absolute Gasteiger partial charge is 0.389 e. The van der Waals surface area contributed by atoms with Gasteiger partial charge in [-0.3, -0.25) is 0 Å². The van der Waals surface area contributed by atoms with Gasteiger partial charge in [0.1, 0.15) is 10.8 Å². The van der Waals surface area contributed by atoms with E-state index in [1.165, 1.54) is 12.1 Å². The summed E-state index contributed by atoms with van der Waals surface area (Å²) in [5.74, 6) is -0.420. The monoisotopic (exact) mass is 436 g/mol. The predicted molar refractivity (Wildman–Crippen MR) is 92.4 cm³/mol. The molecule has 7 heteroatoms. The van der Waals surface area contributed by atoms with Gasteiger partial charge in [0.25, 0.3) is 0 Å². The van der Waals surface area contributed by atoms with Crippen molar-refractivity contribution in [2.45, 2.75) is 0 Å². The number of anilines is 2. The molecule has 2 rings (SSSR count). The fourth-order valence-electron chi connectivity index (χ4n) is 1.63. The van der Waals surface area contributed by atoms with Crippen LogP contribution in [0.25, 0.3) is 0 Å². The van der Waals surface area contributed by atoms with Gasteiger partial charge in [0.05, 0.1) is 10.7 Å². The normalized spacial score (nSPS) is 10.4. The zero-order valence-corrected chi connectivity index (χ0v) is 14.6. The molecule has 2 nitrogen and oxygen atoms in total. The maximum absolute atomic E-state index is 13.2. The van der Waals surface area contributed by atoms with Crippen molar-refractivity contribution < 1.29 is 4.39 Å². The highest BCUT2D eigenvalue weighted by molar-refractivity contribution is 9.10. The minimum atomic E-state index is -0.420. The molecule has 104 valence electrons. The van der Waals surface area contributed by atoms with Crippen LogP contribution >= 0.6 is 55.7 Å². The minimum Gasteiger partial charge on any atom is -0.389 e. The van der Waals surface area contributed by atoms with Crippen LogP contribution < -0.4 is 11.1 Å². The standard InChI is InChI=1S/C13H8Br2ClFN2S/c14-6-1-2-8(13(18)20)11(3-6)19-12-9(15)4-7(17)5-10(12)16/h1-5,19H,(H2,18,20). The summed E-state index contributed by atoms with van der Waals surface area (Å²) in [5, 5.41) is 3.37. The molecule has 0 atom stereocenters. The minimum absolute atomic E-state index is 0.255. The Morgan fingerprint density at radius 2 is 1.95 bits per heavy atom. The quantitative estimate of drug-likeness (QED) is 0.632. The van der Waals surface area contributed by atoms with Crippen LogP contribution in [0, 0.1) is 5.82 Å². The summed E-state index contributed by atoms with van der Waals surface area (Å²) in [4.78, 5) is 0.259. The number of halogens is 4. The molecule has 0 saturated heterocycles. The smallest absolute Gasteiger partial charge is 0.125 e. The van der Waals surface area contributed by atoms with Crippen molar-refractivity contribution in [3.63, 3.8) is 0 Å². The summed E-state index contributed by atoms with van der Waals surface area (Å²) < 4.78 is 14.6. The number of thiocarbonyl (C=S) groups is 1. The lowest BCUT2D eigenvalue weighted by Gasteiger charge is -2.14. The number of rotatable bonds is 3. The SMILES string of the molecule is NC(=S)c1ccc(Br)cc1Nc1c(Cl)cc(F)cc1Br. The molecule has 0 aliphatic rings. The molecule has 2 aromatic carbocycles. The molecule has 20 heavy (non-hydrogen) atoms. The first kappa shape index (κ1) is 15.7. The van der Waals surface area contributed by atoms with E-state index in [-0.39, 0.29) is 10.0 Å². The van der Waals surface area contributed by atoms with Gasteiger partial charge in [-0.15, -0.1) is 0 Å². The molecule has 2 aromatic rings. The molecule has 0 amide bonds. The van der Waals surface area contributed by atoms with E-state index < -0.39 is 5.82 Å². The van der Waals surface area contributed by atoms with Gasteiger partial charge in [0, 0.05) is 20.2 Å². The topological polar surface area (TPSA) is 38.0 Å². The predicted octanol–water partition coefficient (Wildman–Crippen LogP) is 5.38. The Bertz CT molecular complexity index is 671. The molecule has 0 radical (unpaired) electrons. The number of nitrogens with one attached hydrogen (secondary N) is 1. The molecule has 0 aliphatic heterocycles. The van der Waals surface area contributed by atoms with Crippen LogP contribution in [-0.2, 0) is 0 Å². The molecule has 0 spiro atoms. The molecule has 0 aliphatic carbocycles. The second-order valence-corrected chi connectivity index (χ2v) is 6.54. The zero-order chi connectivity index (χ0) is 14.9. The number of hydrogen-bond donors (Lipinski definition) is 2. The fraction of sp³-hybridized carbons (Fsp3) is 0. The Morgan fingerprint density at radius 1 is 1.25 bits per heavy atom. The van der Waals surface area contributed by atoms with Crippen molar-refractivity contribution in [1.82, 2.24) is 0 Å². The summed E-state index contributed by atoms with van der Waals surface area (Å²) in [6.45, 7) is 0. The van der Waals surface area contributed by atoms with E-state index in [0.717, 1.165) is 4.47 Å². The lowest BCUT2D eigenvalue weighted by Crippen LogP contribution is -2.12. The third-order valence-electron chi connectivity index (χ3n) is 2.51. The highest BCUT2D eigenvalue weighted by Crippen LogP contribution is 2.35. The van der Waals surface area contributed by atoms with E-state index in [1.807, 2.05) is 12.1 Å². The average molecular weight is 439 g/mol. The van der Waals surface area contributed by atoms with Crippen molar-refractivity contribution in [2.24, 2.45) is 5.73 Å². The van der Waals surface area contributed by atoms with Gasteiger partial charge >= 0.3 is 0 Å². The molecule has 0 unspecified atom stereocenters. The van der Waals surface area contributed by atoms with Gasteiger partial charge in [-0.05, 0) is 46.3 Å². The second-order valence-electron chi connectivity index (χ2n) is 3.92. The molecular formula is C13H8Br2ClFN2S. The van der Waals surface area contributed by atoms with Crippen molar-refractivity contribution in [1.29, 1.82) is 0 Å². The van der Waals surface area contributed by atoms with Gasteiger partial charge in [-0.25, -0.2) is 4.39 Å². The molecule has 0 bridgehead atoms. The van der Waals surface area contributed by atoms with Crippen molar-refractivity contribution >= 4 is 72.0 Å². The first-order valence-electron chi connectivity index (χ1n) is 5.39. The van der Waals surface area contributed by atoms with Crippen LogP contribution in [-0.4, -0.2) is 4.99 Å². The van der Waals surface area contributed by atoms with E-state index >= 15 is 0 Å². The average Bonchev–Trinajstić information content (AvgIpc) is 2.33. The van der Waals surface area contributed by atoms with E-state index in [1.54, 1.807) is 6.07 Å². The van der Waals surface area contributed by atoms with Crippen LogP contribution in [0.15, 0.2) is 39.3 Å². The summed E-state index contributed by atoms with van der Waals surface area (Å²) in [6, 6.07) is 8.00. The molecular weight excluding hydrogens is 430 g/mol. The van der Waals surface area contributed by atoms with Gasteiger partial charge in [0.2, 0.25) is 0 Å². The Morgan fingerprint density at radius 3 is 2.55 bits per heavy atom. The first-order valence-corrected chi connectivity index (χ1v) is 7.76. The molecule has 0 fully saturated rings. The van der Waals surface area contributed by atoms with Crippen LogP contribution in [0.4, 0.5) is 15.8 Å². The molecule has 3 N–H and O–H groups in total. The Balaban J connectivity index is 2.50. The van der Waals surface area contributed by atoms with Crippen molar-refractivity contribution in [3.05, 3.63) is 55.7 Å². The fourth-order valence-corrected chi connectivity index (χ4v) is 3.07. The first-order chi connectivity index (χ1) is 9.38. The summed E-state index contributed by atoms with van der Waals surface area (Å²) in [7, 11) is 0. The molecule has 0 aromatic heterocycles. The Kier molecular flexibility index (Phi) is 5.01. The van der Waals surface area contributed by atoms with E-state index in [2.05, 4.69) is 37.2 Å². The summed E-state index contributed by atoms with van der Waals surface area (Å²) >= 11 is 17.7. The summed E-state index contributed by atoms with van der Waals surface area (Å²) in [5.41, 5.74) is 7.59. The highest BCUT2D eigenvalue weighted by atomic mass is 79.9. The zero-order valence-electron chi connectivity index (χ0n) is 9.88. The van der Waals surface area contributed by atoms with Crippen molar-refractivity contribution in [2.75, 3.05) is 5.32 Å². The molecule has 0 heterocycles. The van der Waals surface area contributed by atoms with Crippen LogP contribution in [0.1, 0.15) is 5.56 Å². The van der Waals surface area contributed by atoms with Crippen LogP contribution in [0.3, 0.4) is 0 Å². The lowest BCUT2D eigenvalue weighted by atomic mass is 10.1. The van der Waals surface area contributed by atoms with Gasteiger partial charge in [-0.2, -0.15) is 0 Å². The Labute approximate surface area is 142 Å². The maximum Gasteiger partial charge on any atom is 0.125 e. The highest BCUT2D eigenvalue weighted by Gasteiger charge is 2.12. The second kappa shape index (κ2) is 6.39. The number of hydrogen-bond acceptors (Lipinski definition) is 2. The number of benzene rings is 2. The third kappa shape index (κ3) is 3.49. The maximum atomic E-state index is 13.2. The summed E-state index contributed by atoms with van der Waals surface area (Å²) in [6.07, 6.45) is 0. The van der Waals surface area contributed by atoms with Gasteiger partial charge in [0.15, 0.2) is 0 Å². The Hall–Kier alpha value is -0.690. The molecule has 0 saturated carbocycles. The van der Waals surface area contributed by atoms with E-state index in [0.29, 0.717) is 21.4 Å². The van der Waals surface area contributed by atoms with Gasteiger partial charge < -0.3 is 11.1 Å². The number of nitrogens with two attached hydrogens (primary N) is 1. The van der Waals surface area contributed by atoms with E-state index in [9.17, 15) is 4.39 Å². The third-order valence-corrected chi connectivity index (χ3v) is 4.15. The van der Waals surface area contributed by atoms with Gasteiger partial charge in [-0.1, -0.05) is 39.7 Å². The van der Waals surface area contributed by atoms with Crippen molar-refractivity contribution in [3.8, 4) is 0 Å². The van der Waals surface area contributed by atoms with E-state index in [4.69, 9.17) is 29.6 Å². The van der Waals surface area contributed by atoms with Crippen LogP contribution in [0.2, 0.25) is 5.02 Å². The lowest BCUT2D eigenvalue weighted by molar-refractivity contribution is 0.627. The van der Waals surface area contributed by atoms with Crippen LogP contribution in [0.5, 0.6) is 0 Å².